The van der Waals surface area contributed by atoms with E-state index in [0.29, 0.717) is 12.0 Å². The van der Waals surface area contributed by atoms with Gasteiger partial charge in [-0.05, 0) is 26.6 Å². The molecule has 92 valence electrons. The van der Waals surface area contributed by atoms with Gasteiger partial charge in [0, 0.05) is 31.5 Å². The average molecular weight is 235 g/mol. The zero-order chi connectivity index (χ0) is 12.3. The average Bonchev–Trinajstić information content (AvgIpc) is 2.79. The Hall–Kier alpha value is -1.69. The predicted molar refractivity (Wildman–Crippen MR) is 64.7 cm³/mol. The van der Waals surface area contributed by atoms with E-state index in [0.717, 1.165) is 19.5 Å². The number of hydrogen-bond donors (Lipinski definition) is 1. The second kappa shape index (κ2) is 5.09. The predicted octanol–water partition coefficient (Wildman–Crippen LogP) is 0.644. The number of nitrogens with zero attached hydrogens (tertiary/aromatic N) is 4. The molecule has 6 heteroatoms. The number of aromatic nitrogens is 2. The molecule has 0 aliphatic carbocycles. The van der Waals surface area contributed by atoms with Gasteiger partial charge in [0.1, 0.15) is 0 Å². The molecule has 1 fully saturated rings. The van der Waals surface area contributed by atoms with Crippen LogP contribution in [0.4, 0.5) is 10.7 Å². The molecule has 2 rings (SSSR count). The highest BCUT2D eigenvalue weighted by Crippen LogP contribution is 2.13. The fourth-order valence-corrected chi connectivity index (χ4v) is 1.89. The third-order valence-corrected chi connectivity index (χ3v) is 2.97. The van der Waals surface area contributed by atoms with Crippen LogP contribution in [0.15, 0.2) is 18.5 Å². The summed E-state index contributed by atoms with van der Waals surface area (Å²) in [7, 11) is 4.07. The number of amides is 2. The number of carbonyl (C=O) groups is 1. The van der Waals surface area contributed by atoms with Crippen LogP contribution in [0.2, 0.25) is 0 Å². The molecule has 6 nitrogen and oxygen atoms in total. The zero-order valence-corrected chi connectivity index (χ0v) is 10.1. The van der Waals surface area contributed by atoms with Crippen LogP contribution >= 0.6 is 0 Å². The van der Waals surface area contributed by atoms with Crippen molar-refractivity contribution in [2.45, 2.75) is 12.5 Å². The Bertz CT molecular complexity index is 381. The molecule has 0 aromatic carbocycles. The lowest BCUT2D eigenvalue weighted by molar-refractivity contribution is 0.216. The minimum Gasteiger partial charge on any atom is -0.323 e. The Balaban J connectivity index is 1.90. The van der Waals surface area contributed by atoms with Crippen molar-refractivity contribution < 1.29 is 4.79 Å². The number of likely N-dealkylation sites (N-methyl/N-ethyl adjacent to an activating group) is 1. The highest BCUT2D eigenvalue weighted by Gasteiger charge is 2.27. The zero-order valence-electron chi connectivity index (χ0n) is 10.1. The van der Waals surface area contributed by atoms with Crippen molar-refractivity contribution in [3.05, 3.63) is 18.5 Å². The molecule has 1 saturated heterocycles. The monoisotopic (exact) mass is 235 g/mol. The van der Waals surface area contributed by atoms with Gasteiger partial charge in [-0.15, -0.1) is 0 Å². The van der Waals surface area contributed by atoms with Gasteiger partial charge < -0.3 is 9.80 Å². The van der Waals surface area contributed by atoms with Crippen molar-refractivity contribution >= 4 is 12.0 Å². The number of likely N-dealkylation sites (tertiary alicyclic amines) is 1. The van der Waals surface area contributed by atoms with E-state index in [1.807, 2.05) is 14.1 Å². The van der Waals surface area contributed by atoms with Gasteiger partial charge in [0.2, 0.25) is 5.95 Å². The lowest BCUT2D eigenvalue weighted by atomic mass is 10.2. The summed E-state index contributed by atoms with van der Waals surface area (Å²) in [5.74, 6) is 0.353. The second-order valence-corrected chi connectivity index (χ2v) is 4.35. The lowest BCUT2D eigenvalue weighted by Gasteiger charge is -2.20. The topological polar surface area (TPSA) is 61.4 Å². The molecule has 0 saturated carbocycles. The number of rotatable bonds is 2. The van der Waals surface area contributed by atoms with E-state index in [9.17, 15) is 4.79 Å². The molecule has 0 radical (unpaired) electrons. The van der Waals surface area contributed by atoms with E-state index < -0.39 is 0 Å². The molecule has 1 aromatic heterocycles. The first-order chi connectivity index (χ1) is 8.16. The van der Waals surface area contributed by atoms with Gasteiger partial charge in [-0.2, -0.15) is 0 Å². The van der Waals surface area contributed by atoms with E-state index in [4.69, 9.17) is 0 Å². The lowest BCUT2D eigenvalue weighted by Crippen LogP contribution is -2.37. The van der Waals surface area contributed by atoms with Crippen LogP contribution in [0.1, 0.15) is 6.42 Å². The SMILES string of the molecule is CN(C)[C@@H]1CCN(C(=O)Nc2ncccn2)C1. The molecule has 1 aliphatic heterocycles. The Kier molecular flexibility index (Phi) is 3.53. The molecule has 2 heterocycles. The molecule has 0 unspecified atom stereocenters. The normalized spacial score (nSPS) is 19.7. The van der Waals surface area contributed by atoms with Crippen molar-refractivity contribution in [1.29, 1.82) is 0 Å². The summed E-state index contributed by atoms with van der Waals surface area (Å²) in [5, 5.41) is 2.69. The maximum atomic E-state index is 11.9. The molecule has 17 heavy (non-hydrogen) atoms. The maximum absolute atomic E-state index is 11.9. The minimum atomic E-state index is -0.124. The minimum absolute atomic E-state index is 0.124. The molecule has 1 atom stereocenters. The summed E-state index contributed by atoms with van der Waals surface area (Å²) in [6.45, 7) is 1.53. The molecule has 1 aliphatic rings. The smallest absolute Gasteiger partial charge is 0.323 e. The summed E-state index contributed by atoms with van der Waals surface area (Å²) < 4.78 is 0. The summed E-state index contributed by atoms with van der Waals surface area (Å²) >= 11 is 0. The largest absolute Gasteiger partial charge is 0.324 e. The van der Waals surface area contributed by atoms with Gasteiger partial charge in [-0.25, -0.2) is 14.8 Å². The second-order valence-electron chi connectivity index (χ2n) is 4.35. The number of hydrogen-bond acceptors (Lipinski definition) is 4. The van der Waals surface area contributed by atoms with Crippen molar-refractivity contribution in [2.24, 2.45) is 0 Å². The van der Waals surface area contributed by atoms with Crippen molar-refractivity contribution in [3.8, 4) is 0 Å². The van der Waals surface area contributed by atoms with Crippen LogP contribution < -0.4 is 5.32 Å². The Labute approximate surface area is 101 Å². The van der Waals surface area contributed by atoms with Crippen molar-refractivity contribution in [1.82, 2.24) is 19.8 Å². The molecular weight excluding hydrogens is 218 g/mol. The quantitative estimate of drug-likeness (QED) is 0.817. The molecule has 0 spiro atoms. The molecule has 1 N–H and O–H groups in total. The summed E-state index contributed by atoms with van der Waals surface area (Å²) in [5.41, 5.74) is 0. The van der Waals surface area contributed by atoms with Crippen LogP contribution in [0, 0.1) is 0 Å². The van der Waals surface area contributed by atoms with Gasteiger partial charge in [0.25, 0.3) is 0 Å². The fraction of sp³-hybridized carbons (Fsp3) is 0.545. The van der Waals surface area contributed by atoms with E-state index in [2.05, 4.69) is 20.2 Å². The van der Waals surface area contributed by atoms with Gasteiger partial charge in [-0.3, -0.25) is 5.32 Å². The van der Waals surface area contributed by atoms with E-state index in [-0.39, 0.29) is 6.03 Å². The third kappa shape index (κ3) is 2.91. The first kappa shape index (κ1) is 11.8. The number of anilines is 1. The highest BCUT2D eigenvalue weighted by atomic mass is 16.2. The van der Waals surface area contributed by atoms with Crippen LogP contribution in [-0.2, 0) is 0 Å². The van der Waals surface area contributed by atoms with Gasteiger partial charge in [0.05, 0.1) is 0 Å². The third-order valence-electron chi connectivity index (χ3n) is 2.97. The number of urea groups is 1. The van der Waals surface area contributed by atoms with Crippen molar-refractivity contribution in [3.63, 3.8) is 0 Å². The van der Waals surface area contributed by atoms with E-state index in [1.54, 1.807) is 23.4 Å². The van der Waals surface area contributed by atoms with Crippen LogP contribution in [0.3, 0.4) is 0 Å². The van der Waals surface area contributed by atoms with Crippen LogP contribution in [0.5, 0.6) is 0 Å². The molecular formula is C11H17N5O. The molecule has 0 bridgehead atoms. The van der Waals surface area contributed by atoms with Gasteiger partial charge >= 0.3 is 6.03 Å². The summed E-state index contributed by atoms with van der Waals surface area (Å²) in [6, 6.07) is 2.03. The first-order valence-corrected chi connectivity index (χ1v) is 5.66. The maximum Gasteiger partial charge on any atom is 0.324 e. The Morgan fingerprint density at radius 3 is 2.76 bits per heavy atom. The first-order valence-electron chi connectivity index (χ1n) is 5.66. The van der Waals surface area contributed by atoms with E-state index in [1.165, 1.54) is 0 Å². The van der Waals surface area contributed by atoms with E-state index >= 15 is 0 Å². The van der Waals surface area contributed by atoms with Crippen LogP contribution in [0.25, 0.3) is 0 Å². The highest BCUT2D eigenvalue weighted by molar-refractivity contribution is 5.87. The number of nitrogens with one attached hydrogen (secondary N) is 1. The summed E-state index contributed by atoms with van der Waals surface area (Å²) in [4.78, 5) is 23.8. The Morgan fingerprint density at radius 1 is 1.47 bits per heavy atom. The molecule has 1 aromatic rings. The van der Waals surface area contributed by atoms with Crippen LogP contribution in [-0.4, -0.2) is 59.0 Å². The van der Waals surface area contributed by atoms with Gasteiger partial charge in [-0.1, -0.05) is 0 Å². The summed E-state index contributed by atoms with van der Waals surface area (Å²) in [6.07, 6.45) is 4.22. The van der Waals surface area contributed by atoms with Gasteiger partial charge in [0.15, 0.2) is 0 Å². The number of carbonyl (C=O) groups excluding carboxylic acids is 1. The van der Waals surface area contributed by atoms with Crippen molar-refractivity contribution in [2.75, 3.05) is 32.5 Å². The Morgan fingerprint density at radius 2 is 2.18 bits per heavy atom. The molecule has 2 amide bonds. The standard InChI is InChI=1S/C11H17N5O/c1-15(2)9-4-7-16(8-9)11(17)14-10-12-5-3-6-13-10/h3,5-6,9H,4,7-8H2,1-2H3,(H,12,13,14,17)/t9-/m1/s1. The fourth-order valence-electron chi connectivity index (χ4n) is 1.89.